The number of carbonyl (C=O) groups is 1. The first-order chi connectivity index (χ1) is 9.31. The molecule has 0 atom stereocenters. The number of benzene rings is 1. The Bertz CT molecular complexity index is 427. The van der Waals surface area contributed by atoms with Crippen LogP contribution < -0.4 is 10.6 Å². The lowest BCUT2D eigenvalue weighted by molar-refractivity contribution is -0.121. The zero-order valence-electron chi connectivity index (χ0n) is 11.3. The van der Waals surface area contributed by atoms with Crippen molar-refractivity contribution in [3.8, 4) is 0 Å². The van der Waals surface area contributed by atoms with E-state index in [1.807, 2.05) is 0 Å². The molecule has 0 unspecified atom stereocenters. The second-order valence-corrected chi connectivity index (χ2v) is 5.80. The van der Waals surface area contributed by atoms with Crippen LogP contribution in [-0.4, -0.2) is 24.5 Å². The molecular formula is C16H22N2O. The number of hydrogen-bond donors (Lipinski definition) is 2. The molecule has 2 aliphatic rings. The van der Waals surface area contributed by atoms with E-state index in [9.17, 15) is 4.79 Å². The van der Waals surface area contributed by atoms with Crippen molar-refractivity contribution >= 4 is 5.91 Å². The van der Waals surface area contributed by atoms with Crippen LogP contribution in [-0.2, 0) is 17.6 Å². The van der Waals surface area contributed by atoms with E-state index in [4.69, 9.17) is 0 Å². The maximum atomic E-state index is 11.9. The zero-order valence-corrected chi connectivity index (χ0v) is 11.3. The van der Waals surface area contributed by atoms with Gasteiger partial charge < -0.3 is 10.6 Å². The minimum absolute atomic E-state index is 0.155. The maximum Gasteiger partial charge on any atom is 0.234 e. The van der Waals surface area contributed by atoms with Gasteiger partial charge in [-0.15, -0.1) is 0 Å². The molecule has 19 heavy (non-hydrogen) atoms. The Morgan fingerprint density at radius 3 is 2.32 bits per heavy atom. The van der Waals surface area contributed by atoms with E-state index in [0.29, 0.717) is 18.6 Å². The summed E-state index contributed by atoms with van der Waals surface area (Å²) in [5.74, 6) is 0.155. The second-order valence-electron chi connectivity index (χ2n) is 5.80. The normalized spacial score (nSPS) is 19.6. The predicted octanol–water partition coefficient (Wildman–Crippen LogP) is 1.80. The topological polar surface area (TPSA) is 41.1 Å². The lowest BCUT2D eigenvalue weighted by Gasteiger charge is -2.15. The van der Waals surface area contributed by atoms with Gasteiger partial charge in [-0.3, -0.25) is 4.79 Å². The summed E-state index contributed by atoms with van der Waals surface area (Å²) < 4.78 is 0. The molecule has 2 aliphatic carbocycles. The molecule has 0 saturated heterocycles. The van der Waals surface area contributed by atoms with E-state index < -0.39 is 0 Å². The van der Waals surface area contributed by atoms with Crippen molar-refractivity contribution in [3.63, 3.8) is 0 Å². The van der Waals surface area contributed by atoms with Crippen molar-refractivity contribution in [1.29, 1.82) is 0 Å². The van der Waals surface area contributed by atoms with Crippen molar-refractivity contribution in [2.24, 2.45) is 0 Å². The molecule has 3 rings (SSSR count). The van der Waals surface area contributed by atoms with Crippen LogP contribution in [0.4, 0.5) is 0 Å². The Morgan fingerprint density at radius 1 is 1.05 bits per heavy atom. The van der Waals surface area contributed by atoms with Gasteiger partial charge in [-0.25, -0.2) is 0 Å². The molecular weight excluding hydrogens is 236 g/mol. The zero-order chi connectivity index (χ0) is 13.1. The number of rotatable bonds is 4. The number of hydrogen-bond acceptors (Lipinski definition) is 2. The molecule has 0 aliphatic heterocycles. The fraction of sp³-hybridized carbons (Fsp3) is 0.562. The van der Waals surface area contributed by atoms with Gasteiger partial charge in [-0.05, 0) is 36.8 Å². The summed E-state index contributed by atoms with van der Waals surface area (Å²) in [5.41, 5.74) is 2.85. The largest absolute Gasteiger partial charge is 0.352 e. The Balaban J connectivity index is 1.42. The molecule has 1 saturated carbocycles. The molecule has 1 amide bonds. The summed E-state index contributed by atoms with van der Waals surface area (Å²) in [7, 11) is 0. The van der Waals surface area contributed by atoms with E-state index in [1.165, 1.54) is 24.0 Å². The van der Waals surface area contributed by atoms with Gasteiger partial charge in [-0.1, -0.05) is 37.1 Å². The van der Waals surface area contributed by atoms with Crippen LogP contribution in [0.5, 0.6) is 0 Å². The van der Waals surface area contributed by atoms with Crippen molar-refractivity contribution in [3.05, 3.63) is 35.4 Å². The van der Waals surface area contributed by atoms with Crippen LogP contribution in [0.3, 0.4) is 0 Å². The van der Waals surface area contributed by atoms with Gasteiger partial charge >= 0.3 is 0 Å². The molecule has 0 radical (unpaired) electrons. The quantitative estimate of drug-likeness (QED) is 0.864. The lowest BCUT2D eigenvalue weighted by atomic mass is 10.1. The first-order valence-electron chi connectivity index (χ1n) is 7.41. The van der Waals surface area contributed by atoms with E-state index in [0.717, 1.165) is 25.7 Å². The molecule has 2 N–H and O–H groups in total. The highest BCUT2D eigenvalue weighted by Gasteiger charge is 2.22. The molecule has 0 spiro atoms. The van der Waals surface area contributed by atoms with E-state index in [2.05, 4.69) is 34.9 Å². The summed E-state index contributed by atoms with van der Waals surface area (Å²) in [6.07, 6.45) is 6.92. The highest BCUT2D eigenvalue weighted by Crippen LogP contribution is 2.21. The van der Waals surface area contributed by atoms with Gasteiger partial charge in [0.25, 0.3) is 0 Å². The van der Waals surface area contributed by atoms with Crippen LogP contribution in [0.25, 0.3) is 0 Å². The Labute approximate surface area is 114 Å². The maximum absolute atomic E-state index is 11.9. The van der Waals surface area contributed by atoms with E-state index in [1.54, 1.807) is 0 Å². The fourth-order valence-corrected chi connectivity index (χ4v) is 3.29. The third-order valence-electron chi connectivity index (χ3n) is 4.32. The highest BCUT2D eigenvalue weighted by molar-refractivity contribution is 5.78. The van der Waals surface area contributed by atoms with Gasteiger partial charge in [-0.2, -0.15) is 0 Å². The van der Waals surface area contributed by atoms with Crippen LogP contribution in [0, 0.1) is 0 Å². The van der Waals surface area contributed by atoms with E-state index in [-0.39, 0.29) is 5.91 Å². The molecule has 102 valence electrons. The minimum Gasteiger partial charge on any atom is -0.352 e. The Hall–Kier alpha value is -1.35. The predicted molar refractivity (Wildman–Crippen MR) is 76.0 cm³/mol. The van der Waals surface area contributed by atoms with Gasteiger partial charge in [0.15, 0.2) is 0 Å². The summed E-state index contributed by atoms with van der Waals surface area (Å²) in [6, 6.07) is 9.41. The molecule has 1 aromatic carbocycles. The molecule has 0 bridgehead atoms. The smallest absolute Gasteiger partial charge is 0.234 e. The summed E-state index contributed by atoms with van der Waals surface area (Å²) in [5, 5.41) is 6.51. The van der Waals surface area contributed by atoms with Crippen LogP contribution in [0.2, 0.25) is 0 Å². The van der Waals surface area contributed by atoms with Gasteiger partial charge in [0.2, 0.25) is 5.91 Å². The first kappa shape index (κ1) is 12.7. The van der Waals surface area contributed by atoms with Gasteiger partial charge in [0.1, 0.15) is 0 Å². The molecule has 0 heterocycles. The molecule has 1 fully saturated rings. The number of nitrogens with one attached hydrogen (secondary N) is 2. The molecule has 1 aromatic rings. The molecule has 3 heteroatoms. The Kier molecular flexibility index (Phi) is 3.83. The van der Waals surface area contributed by atoms with Crippen LogP contribution >= 0.6 is 0 Å². The SMILES string of the molecule is O=C(CNC1Cc2ccccc2C1)NC1CCCC1. The minimum atomic E-state index is 0.155. The lowest BCUT2D eigenvalue weighted by Crippen LogP contribution is -2.42. The second kappa shape index (κ2) is 5.74. The van der Waals surface area contributed by atoms with Gasteiger partial charge in [0, 0.05) is 12.1 Å². The van der Waals surface area contributed by atoms with Crippen molar-refractivity contribution in [1.82, 2.24) is 10.6 Å². The first-order valence-corrected chi connectivity index (χ1v) is 7.41. The standard InChI is InChI=1S/C16H22N2O/c19-16(18-14-7-3-4-8-14)11-17-15-9-12-5-1-2-6-13(12)10-15/h1-2,5-6,14-15,17H,3-4,7-11H2,(H,18,19). The number of amides is 1. The third kappa shape index (κ3) is 3.16. The Morgan fingerprint density at radius 2 is 1.68 bits per heavy atom. The van der Waals surface area contributed by atoms with E-state index >= 15 is 0 Å². The molecule has 0 aromatic heterocycles. The van der Waals surface area contributed by atoms with Crippen molar-refractivity contribution in [2.45, 2.75) is 50.6 Å². The van der Waals surface area contributed by atoms with Crippen LogP contribution in [0.1, 0.15) is 36.8 Å². The molecule has 3 nitrogen and oxygen atoms in total. The summed E-state index contributed by atoms with van der Waals surface area (Å²) >= 11 is 0. The summed E-state index contributed by atoms with van der Waals surface area (Å²) in [4.78, 5) is 11.9. The number of fused-ring (bicyclic) bond motifs is 1. The van der Waals surface area contributed by atoms with Crippen molar-refractivity contribution < 1.29 is 4.79 Å². The monoisotopic (exact) mass is 258 g/mol. The van der Waals surface area contributed by atoms with Crippen LogP contribution in [0.15, 0.2) is 24.3 Å². The van der Waals surface area contributed by atoms with Crippen molar-refractivity contribution in [2.75, 3.05) is 6.54 Å². The highest BCUT2D eigenvalue weighted by atomic mass is 16.1. The van der Waals surface area contributed by atoms with Gasteiger partial charge in [0.05, 0.1) is 6.54 Å². The third-order valence-corrected chi connectivity index (χ3v) is 4.32. The summed E-state index contributed by atoms with van der Waals surface area (Å²) in [6.45, 7) is 0.454. The average molecular weight is 258 g/mol. The number of carbonyl (C=O) groups excluding carboxylic acids is 1. The average Bonchev–Trinajstić information content (AvgIpc) is 3.04. The fourth-order valence-electron chi connectivity index (χ4n) is 3.29.